The van der Waals surface area contributed by atoms with Crippen LogP contribution in [0.4, 0.5) is 0 Å². The van der Waals surface area contributed by atoms with Crippen LogP contribution in [0.1, 0.15) is 16.7 Å². The molecule has 0 saturated heterocycles. The van der Waals surface area contributed by atoms with Crippen molar-refractivity contribution in [2.45, 2.75) is 13.5 Å². The Hall–Kier alpha value is -3.02. The van der Waals surface area contributed by atoms with Gasteiger partial charge in [0.2, 0.25) is 0 Å². The van der Waals surface area contributed by atoms with Crippen molar-refractivity contribution in [3.05, 3.63) is 65.2 Å². The van der Waals surface area contributed by atoms with Crippen LogP contribution in [-0.2, 0) is 11.4 Å². The van der Waals surface area contributed by atoms with Crippen LogP contribution < -0.4 is 10.5 Å². The molecule has 0 saturated carbocycles. The molecule has 0 fully saturated rings. The monoisotopic (exact) mass is 313 g/mol. The number of benzene rings is 2. The van der Waals surface area contributed by atoms with Gasteiger partial charge in [0.05, 0.1) is 0 Å². The summed E-state index contributed by atoms with van der Waals surface area (Å²) in [5, 5.41) is 15.8. The highest BCUT2D eigenvalue weighted by Crippen LogP contribution is 2.19. The van der Waals surface area contributed by atoms with E-state index in [1.807, 2.05) is 55.5 Å². The Morgan fingerprint density at radius 3 is 2.52 bits per heavy atom. The number of amidine groups is 1. The van der Waals surface area contributed by atoms with Crippen LogP contribution in [0.15, 0.2) is 58.8 Å². The van der Waals surface area contributed by atoms with Gasteiger partial charge in [-0.05, 0) is 24.1 Å². The largest absolute Gasteiger partial charge is 0.489 e. The third kappa shape index (κ3) is 4.00. The van der Waals surface area contributed by atoms with E-state index in [1.54, 1.807) is 0 Å². The Bertz CT molecular complexity index is 727. The van der Waals surface area contributed by atoms with Crippen molar-refractivity contribution in [1.29, 1.82) is 0 Å². The maximum atomic E-state index is 8.92. The number of oxime groups is 2. The molecule has 0 radical (unpaired) electrons. The van der Waals surface area contributed by atoms with Crippen LogP contribution in [0.2, 0.25) is 0 Å². The van der Waals surface area contributed by atoms with E-state index in [9.17, 15) is 0 Å². The molecule has 0 aliphatic carbocycles. The number of rotatable bonds is 6. The summed E-state index contributed by atoms with van der Waals surface area (Å²) in [5.41, 5.74) is 8.51. The van der Waals surface area contributed by atoms with E-state index in [2.05, 4.69) is 10.3 Å². The van der Waals surface area contributed by atoms with Gasteiger partial charge < -0.3 is 20.5 Å². The number of hydrogen-bond acceptors (Lipinski definition) is 5. The highest BCUT2D eigenvalue weighted by molar-refractivity contribution is 6.47. The molecule has 3 N–H and O–H groups in total. The van der Waals surface area contributed by atoms with E-state index in [4.69, 9.17) is 20.5 Å². The lowest BCUT2D eigenvalue weighted by Crippen LogP contribution is -2.26. The number of para-hydroxylation sites is 1. The Kier molecular flexibility index (Phi) is 5.57. The van der Waals surface area contributed by atoms with Gasteiger partial charge >= 0.3 is 0 Å². The molecular formula is C17H19N3O3. The third-order valence-corrected chi connectivity index (χ3v) is 3.28. The highest BCUT2D eigenvalue weighted by atomic mass is 16.6. The summed E-state index contributed by atoms with van der Waals surface area (Å²) in [6, 6.07) is 15.2. The van der Waals surface area contributed by atoms with Crippen molar-refractivity contribution in [2.24, 2.45) is 16.0 Å². The summed E-state index contributed by atoms with van der Waals surface area (Å²) in [7, 11) is 1.40. The van der Waals surface area contributed by atoms with Crippen molar-refractivity contribution in [3.8, 4) is 5.75 Å². The molecule has 0 aromatic heterocycles. The molecule has 0 atom stereocenters. The molecule has 0 heterocycles. The molecule has 2 aromatic carbocycles. The number of ether oxygens (including phenoxy) is 1. The van der Waals surface area contributed by atoms with Gasteiger partial charge in [-0.3, -0.25) is 0 Å². The van der Waals surface area contributed by atoms with E-state index in [0.717, 1.165) is 16.9 Å². The van der Waals surface area contributed by atoms with Gasteiger partial charge in [0.1, 0.15) is 19.5 Å². The maximum absolute atomic E-state index is 8.92. The van der Waals surface area contributed by atoms with Gasteiger partial charge in [0.25, 0.3) is 0 Å². The number of nitrogens with zero attached hydrogens (tertiary/aromatic N) is 2. The van der Waals surface area contributed by atoms with Crippen molar-refractivity contribution in [3.63, 3.8) is 0 Å². The quantitative estimate of drug-likeness (QED) is 0.371. The first kappa shape index (κ1) is 16.4. The van der Waals surface area contributed by atoms with Crippen LogP contribution in [0, 0.1) is 6.92 Å². The molecule has 2 aromatic rings. The summed E-state index contributed by atoms with van der Waals surface area (Å²) in [4.78, 5) is 4.79. The first-order valence-corrected chi connectivity index (χ1v) is 7.03. The molecule has 0 unspecified atom stereocenters. The molecule has 0 bridgehead atoms. The standard InChI is InChI=1S/C17H19N3O3/c1-12-7-3-6-10-15(12)23-11-13-8-4-5-9-14(13)16(20-22-2)17(18)19-21/h3-10,21H,11H2,1-2H3,(H2,18,19). The Balaban J connectivity index is 2.30. The SMILES string of the molecule is CON=C(C(N)=NO)c1ccccc1COc1ccccc1C. The molecule has 0 amide bonds. The average Bonchev–Trinajstić information content (AvgIpc) is 2.59. The fraction of sp³-hybridized carbons (Fsp3) is 0.176. The van der Waals surface area contributed by atoms with E-state index in [-0.39, 0.29) is 11.5 Å². The molecule has 0 aliphatic rings. The second-order valence-corrected chi connectivity index (χ2v) is 4.82. The molecule has 2 rings (SSSR count). The first-order chi connectivity index (χ1) is 11.2. The zero-order valence-corrected chi connectivity index (χ0v) is 13.1. The molecule has 0 aliphatic heterocycles. The zero-order valence-electron chi connectivity index (χ0n) is 13.1. The lowest BCUT2D eigenvalue weighted by atomic mass is 10.0. The summed E-state index contributed by atoms with van der Waals surface area (Å²) >= 11 is 0. The minimum atomic E-state index is -0.129. The molecule has 0 spiro atoms. The average molecular weight is 313 g/mol. The van der Waals surface area contributed by atoms with Gasteiger partial charge in [-0.15, -0.1) is 0 Å². The maximum Gasteiger partial charge on any atom is 0.192 e. The molecule has 6 heteroatoms. The van der Waals surface area contributed by atoms with Gasteiger partial charge in [-0.1, -0.05) is 52.8 Å². The predicted molar refractivity (Wildman–Crippen MR) is 88.9 cm³/mol. The minimum Gasteiger partial charge on any atom is -0.489 e. The van der Waals surface area contributed by atoms with Crippen LogP contribution in [0.25, 0.3) is 0 Å². The summed E-state index contributed by atoms with van der Waals surface area (Å²) in [6.07, 6.45) is 0. The minimum absolute atomic E-state index is 0.129. The molecule has 120 valence electrons. The van der Waals surface area contributed by atoms with Crippen molar-refractivity contribution in [1.82, 2.24) is 0 Å². The normalized spacial score (nSPS) is 12.1. The van der Waals surface area contributed by atoms with Crippen LogP contribution in [0.3, 0.4) is 0 Å². The number of hydrogen-bond donors (Lipinski definition) is 2. The molecule has 6 nitrogen and oxygen atoms in total. The van der Waals surface area contributed by atoms with Crippen LogP contribution in [0.5, 0.6) is 5.75 Å². The fourth-order valence-electron chi connectivity index (χ4n) is 2.12. The predicted octanol–water partition coefficient (Wildman–Crippen LogP) is 2.67. The fourth-order valence-corrected chi connectivity index (χ4v) is 2.12. The van der Waals surface area contributed by atoms with Gasteiger partial charge in [-0.2, -0.15) is 0 Å². The van der Waals surface area contributed by atoms with Crippen molar-refractivity contribution < 1.29 is 14.8 Å². The second-order valence-electron chi connectivity index (χ2n) is 4.82. The third-order valence-electron chi connectivity index (χ3n) is 3.28. The number of aryl methyl sites for hydroxylation is 1. The van der Waals surface area contributed by atoms with Crippen LogP contribution >= 0.6 is 0 Å². The topological polar surface area (TPSA) is 89.4 Å². The van der Waals surface area contributed by atoms with Crippen molar-refractivity contribution >= 4 is 11.5 Å². The van der Waals surface area contributed by atoms with Gasteiger partial charge in [0, 0.05) is 5.56 Å². The van der Waals surface area contributed by atoms with E-state index >= 15 is 0 Å². The lowest BCUT2D eigenvalue weighted by molar-refractivity contribution is 0.214. The smallest absolute Gasteiger partial charge is 0.192 e. The zero-order chi connectivity index (χ0) is 16.7. The van der Waals surface area contributed by atoms with Gasteiger partial charge in [0.15, 0.2) is 11.5 Å². The van der Waals surface area contributed by atoms with Gasteiger partial charge in [-0.25, -0.2) is 0 Å². The molecule has 23 heavy (non-hydrogen) atoms. The Labute approximate surface area is 134 Å². The Morgan fingerprint density at radius 2 is 1.83 bits per heavy atom. The summed E-state index contributed by atoms with van der Waals surface area (Å²) < 4.78 is 5.87. The van der Waals surface area contributed by atoms with E-state index in [1.165, 1.54) is 7.11 Å². The van der Waals surface area contributed by atoms with Crippen molar-refractivity contribution in [2.75, 3.05) is 7.11 Å². The summed E-state index contributed by atoms with van der Waals surface area (Å²) in [5.74, 6) is 0.673. The Morgan fingerprint density at radius 1 is 1.13 bits per heavy atom. The van der Waals surface area contributed by atoms with E-state index < -0.39 is 0 Å². The summed E-state index contributed by atoms with van der Waals surface area (Å²) in [6.45, 7) is 2.30. The van der Waals surface area contributed by atoms with Crippen LogP contribution in [-0.4, -0.2) is 23.9 Å². The highest BCUT2D eigenvalue weighted by Gasteiger charge is 2.15. The first-order valence-electron chi connectivity index (χ1n) is 7.03. The number of nitrogens with two attached hydrogens (primary N) is 1. The van der Waals surface area contributed by atoms with E-state index in [0.29, 0.717) is 12.2 Å². The second kappa shape index (κ2) is 7.84. The lowest BCUT2D eigenvalue weighted by Gasteiger charge is -2.13. The molecular weight excluding hydrogens is 294 g/mol.